The van der Waals surface area contributed by atoms with E-state index in [1.165, 1.54) is 10.5 Å². The fourth-order valence-electron chi connectivity index (χ4n) is 3.74. The van der Waals surface area contributed by atoms with Crippen LogP contribution in [-0.2, 0) is 26.0 Å². The van der Waals surface area contributed by atoms with E-state index in [1.54, 1.807) is 18.7 Å². The van der Waals surface area contributed by atoms with Gasteiger partial charge in [0.1, 0.15) is 4.90 Å². The summed E-state index contributed by atoms with van der Waals surface area (Å²) in [6.45, 7) is 5.91. The molecule has 0 aromatic carbocycles. The maximum Gasteiger partial charge on any atom is 0.246 e. The van der Waals surface area contributed by atoms with E-state index in [0.29, 0.717) is 31.7 Å². The molecule has 130 valence electrons. The van der Waals surface area contributed by atoms with Crippen molar-refractivity contribution in [1.82, 2.24) is 14.1 Å². The first-order valence-electron chi connectivity index (χ1n) is 8.14. The summed E-state index contributed by atoms with van der Waals surface area (Å²) in [7, 11) is -1.93. The number of methoxy groups -OCH3 is 1. The average molecular weight is 343 g/mol. The van der Waals surface area contributed by atoms with E-state index < -0.39 is 10.0 Å². The van der Waals surface area contributed by atoms with Crippen LogP contribution in [0.1, 0.15) is 31.9 Å². The molecule has 0 N–H and O–H groups in total. The van der Waals surface area contributed by atoms with Crippen molar-refractivity contribution in [3.63, 3.8) is 0 Å². The van der Waals surface area contributed by atoms with Crippen LogP contribution in [0.5, 0.6) is 0 Å². The highest BCUT2D eigenvalue weighted by molar-refractivity contribution is 7.89. The van der Waals surface area contributed by atoms with Crippen molar-refractivity contribution in [2.45, 2.75) is 56.3 Å². The number of ether oxygens (including phenoxy) is 2. The van der Waals surface area contributed by atoms with Gasteiger partial charge in [-0.2, -0.15) is 9.40 Å². The Kier molecular flexibility index (Phi) is 4.52. The molecule has 0 aliphatic carbocycles. The Morgan fingerprint density at radius 2 is 2.26 bits per heavy atom. The molecule has 0 saturated carbocycles. The minimum absolute atomic E-state index is 0.227. The number of aryl methyl sites for hydroxylation is 1. The van der Waals surface area contributed by atoms with Gasteiger partial charge in [0.2, 0.25) is 10.0 Å². The molecule has 1 spiro atoms. The lowest BCUT2D eigenvalue weighted by Gasteiger charge is -2.43. The highest BCUT2D eigenvalue weighted by Crippen LogP contribution is 2.38. The summed E-state index contributed by atoms with van der Waals surface area (Å²) in [5, 5.41) is 4.16. The smallest absolute Gasteiger partial charge is 0.246 e. The molecule has 1 aromatic rings. The standard InChI is InChI=1S/C15H25N3O4S/c1-4-18-12(2)13(10-16-18)23(19,20)17-8-7-15(6-5-9-22-15)14(11-17)21-3/h10,14H,4-9,11H2,1-3H3/t14-,15-/m0/s1. The summed E-state index contributed by atoms with van der Waals surface area (Å²) in [5.74, 6) is 0. The first-order chi connectivity index (χ1) is 10.9. The fourth-order valence-corrected chi connectivity index (χ4v) is 5.34. The molecule has 8 heteroatoms. The Hall–Kier alpha value is -0.960. The van der Waals surface area contributed by atoms with Gasteiger partial charge in [0.15, 0.2) is 0 Å². The normalized spacial score (nSPS) is 29.4. The molecule has 0 amide bonds. The van der Waals surface area contributed by atoms with Gasteiger partial charge in [-0.25, -0.2) is 8.42 Å². The van der Waals surface area contributed by atoms with Crippen molar-refractivity contribution < 1.29 is 17.9 Å². The molecule has 3 heterocycles. The van der Waals surface area contributed by atoms with Crippen LogP contribution in [0.25, 0.3) is 0 Å². The predicted octanol–water partition coefficient (Wildman–Crippen LogP) is 1.17. The average Bonchev–Trinajstić information content (AvgIpc) is 3.15. The SMILES string of the molecule is CCn1ncc(S(=O)(=O)N2CC[C@@]3(CCCO3)[C@@H](OC)C2)c1C. The van der Waals surface area contributed by atoms with Crippen LogP contribution < -0.4 is 0 Å². The number of rotatable bonds is 4. The number of hydrogen-bond donors (Lipinski definition) is 0. The Labute approximate surface area is 137 Å². The zero-order valence-electron chi connectivity index (χ0n) is 14.0. The van der Waals surface area contributed by atoms with Crippen molar-refractivity contribution in [3.8, 4) is 0 Å². The third-order valence-electron chi connectivity index (χ3n) is 5.13. The highest BCUT2D eigenvalue weighted by Gasteiger charge is 2.49. The number of piperidine rings is 1. The monoisotopic (exact) mass is 343 g/mol. The molecule has 1 aromatic heterocycles. The van der Waals surface area contributed by atoms with Gasteiger partial charge in [0, 0.05) is 33.4 Å². The van der Waals surface area contributed by atoms with Crippen LogP contribution in [0.15, 0.2) is 11.1 Å². The van der Waals surface area contributed by atoms with Crippen molar-refractivity contribution >= 4 is 10.0 Å². The first kappa shape index (κ1) is 16.9. The van der Waals surface area contributed by atoms with E-state index in [2.05, 4.69) is 5.10 Å². The lowest BCUT2D eigenvalue weighted by Crippen LogP contribution is -2.57. The zero-order valence-corrected chi connectivity index (χ0v) is 14.8. The third-order valence-corrected chi connectivity index (χ3v) is 7.10. The van der Waals surface area contributed by atoms with E-state index in [1.807, 2.05) is 6.92 Å². The van der Waals surface area contributed by atoms with Crippen LogP contribution in [0.3, 0.4) is 0 Å². The van der Waals surface area contributed by atoms with E-state index in [-0.39, 0.29) is 16.6 Å². The summed E-state index contributed by atoms with van der Waals surface area (Å²) in [5.41, 5.74) is 0.363. The van der Waals surface area contributed by atoms with Gasteiger partial charge in [-0.3, -0.25) is 4.68 Å². The third kappa shape index (κ3) is 2.71. The van der Waals surface area contributed by atoms with Gasteiger partial charge in [0.25, 0.3) is 0 Å². The topological polar surface area (TPSA) is 73.7 Å². The Morgan fingerprint density at radius 3 is 2.83 bits per heavy atom. The number of nitrogens with zero attached hydrogens (tertiary/aromatic N) is 3. The van der Waals surface area contributed by atoms with Crippen LogP contribution in [0.4, 0.5) is 0 Å². The van der Waals surface area contributed by atoms with Gasteiger partial charge in [-0.1, -0.05) is 0 Å². The zero-order chi connectivity index (χ0) is 16.7. The lowest BCUT2D eigenvalue weighted by molar-refractivity contribution is -0.131. The molecule has 0 unspecified atom stereocenters. The predicted molar refractivity (Wildman–Crippen MR) is 84.7 cm³/mol. The minimum Gasteiger partial charge on any atom is -0.377 e. The first-order valence-corrected chi connectivity index (χ1v) is 9.58. The quantitative estimate of drug-likeness (QED) is 0.820. The van der Waals surface area contributed by atoms with Crippen molar-refractivity contribution in [2.75, 3.05) is 26.8 Å². The van der Waals surface area contributed by atoms with E-state index in [4.69, 9.17) is 9.47 Å². The summed E-state index contributed by atoms with van der Waals surface area (Å²) in [4.78, 5) is 0.289. The van der Waals surface area contributed by atoms with E-state index in [9.17, 15) is 8.42 Å². The van der Waals surface area contributed by atoms with Crippen LogP contribution in [0, 0.1) is 6.92 Å². The maximum absolute atomic E-state index is 13.0. The molecule has 3 rings (SSSR count). The molecule has 2 saturated heterocycles. The second-order valence-electron chi connectivity index (χ2n) is 6.26. The molecule has 2 atom stereocenters. The molecular weight excluding hydrogens is 318 g/mol. The second kappa shape index (κ2) is 6.16. The molecule has 23 heavy (non-hydrogen) atoms. The Bertz CT molecular complexity index is 664. The summed E-state index contributed by atoms with van der Waals surface area (Å²) in [6, 6.07) is 0. The van der Waals surface area contributed by atoms with E-state index >= 15 is 0 Å². The highest BCUT2D eigenvalue weighted by atomic mass is 32.2. The Balaban J connectivity index is 1.85. The number of hydrogen-bond acceptors (Lipinski definition) is 5. The largest absolute Gasteiger partial charge is 0.377 e. The summed E-state index contributed by atoms with van der Waals surface area (Å²) in [6.07, 6.45) is 3.84. The maximum atomic E-state index is 13.0. The molecule has 0 radical (unpaired) electrons. The van der Waals surface area contributed by atoms with Crippen LogP contribution in [-0.4, -0.2) is 61.0 Å². The fraction of sp³-hybridized carbons (Fsp3) is 0.800. The van der Waals surface area contributed by atoms with Gasteiger partial charge >= 0.3 is 0 Å². The van der Waals surface area contributed by atoms with Gasteiger partial charge in [-0.05, 0) is 33.1 Å². The van der Waals surface area contributed by atoms with Crippen LogP contribution >= 0.6 is 0 Å². The minimum atomic E-state index is -3.56. The molecule has 2 aliphatic rings. The van der Waals surface area contributed by atoms with Crippen molar-refractivity contribution in [2.24, 2.45) is 0 Å². The van der Waals surface area contributed by atoms with Crippen LogP contribution in [0.2, 0.25) is 0 Å². The second-order valence-corrected chi connectivity index (χ2v) is 8.17. The van der Waals surface area contributed by atoms with Crippen molar-refractivity contribution in [3.05, 3.63) is 11.9 Å². The van der Waals surface area contributed by atoms with Crippen molar-refractivity contribution in [1.29, 1.82) is 0 Å². The summed E-state index contributed by atoms with van der Waals surface area (Å²) >= 11 is 0. The Morgan fingerprint density at radius 1 is 1.48 bits per heavy atom. The molecule has 7 nitrogen and oxygen atoms in total. The number of sulfonamides is 1. The molecular formula is C15H25N3O4S. The molecule has 2 fully saturated rings. The van der Waals surface area contributed by atoms with E-state index in [0.717, 1.165) is 19.4 Å². The van der Waals surface area contributed by atoms with Gasteiger partial charge < -0.3 is 9.47 Å². The number of aromatic nitrogens is 2. The summed E-state index contributed by atoms with van der Waals surface area (Å²) < 4.78 is 40.7. The van der Waals surface area contributed by atoms with Gasteiger partial charge in [0.05, 0.1) is 23.6 Å². The molecule has 2 aliphatic heterocycles. The van der Waals surface area contributed by atoms with Gasteiger partial charge in [-0.15, -0.1) is 0 Å². The lowest BCUT2D eigenvalue weighted by atomic mass is 9.87. The molecule has 0 bridgehead atoms.